The molecule has 3 rings (SSSR count). The number of Topliss-reactive ketones (excluding diaryl/α,β-unsaturated/α-hetero) is 1. The number of rotatable bonds is 21. The Morgan fingerprint density at radius 2 is 1.26 bits per heavy atom. The van der Waals surface area contributed by atoms with Crippen LogP contribution in [0.25, 0.3) is 5.57 Å². The van der Waals surface area contributed by atoms with Gasteiger partial charge in [-0.25, -0.2) is 0 Å². The van der Waals surface area contributed by atoms with E-state index < -0.39 is 11.9 Å². The molecule has 2 unspecified atom stereocenters. The molecule has 0 radical (unpaired) electrons. The largest absolute Gasteiger partial charge is 0.510 e. The molecule has 0 heterocycles. The van der Waals surface area contributed by atoms with Crippen molar-refractivity contribution in [3.63, 3.8) is 0 Å². The van der Waals surface area contributed by atoms with Crippen molar-refractivity contribution in [1.82, 2.24) is 0 Å². The number of carbonyl (C=O) groups excluding carboxylic acids is 1. The third-order valence-corrected chi connectivity index (χ3v) is 8.89. The molecule has 6 nitrogen and oxygen atoms in total. The standard InChI is InChI=1S/C37H54N2O4/c1-5-7-9-11-13-15-25-39(26-16-14-12-10-8-6-2)32-23-19-30(20-24-32)35-36(42)34(37(35)43)29-17-21-31(22-18-29)38(4)28(3)27-33(40)41/h17-24,28,35,42H,5-16,25-27H2,1-4H3,(H,40,41). The molecule has 0 aliphatic heterocycles. The number of nitrogens with zero attached hydrogens (tertiary/aromatic N) is 2. The number of carboxylic acid groups (broad SMARTS) is 1. The van der Waals surface area contributed by atoms with Gasteiger partial charge in [0, 0.05) is 37.6 Å². The molecule has 43 heavy (non-hydrogen) atoms. The lowest BCUT2D eigenvalue weighted by atomic mass is 9.75. The Balaban J connectivity index is 1.65. The molecule has 1 aliphatic carbocycles. The van der Waals surface area contributed by atoms with Gasteiger partial charge in [0.05, 0.1) is 12.0 Å². The van der Waals surface area contributed by atoms with Crippen molar-refractivity contribution >= 4 is 28.7 Å². The minimum Gasteiger partial charge on any atom is -0.510 e. The Morgan fingerprint density at radius 1 is 0.767 bits per heavy atom. The number of carbonyl (C=O) groups is 2. The van der Waals surface area contributed by atoms with Gasteiger partial charge in [-0.15, -0.1) is 0 Å². The Hall–Kier alpha value is -3.28. The first-order chi connectivity index (χ1) is 20.8. The van der Waals surface area contributed by atoms with E-state index in [1.807, 2.05) is 55.3 Å². The van der Waals surface area contributed by atoms with Crippen LogP contribution in [0.1, 0.15) is 121 Å². The molecule has 0 bridgehead atoms. The van der Waals surface area contributed by atoms with E-state index in [-0.39, 0.29) is 24.0 Å². The summed E-state index contributed by atoms with van der Waals surface area (Å²) in [5.41, 5.74) is 3.94. The number of benzene rings is 2. The van der Waals surface area contributed by atoms with Crippen molar-refractivity contribution in [2.45, 2.75) is 116 Å². The lowest BCUT2D eigenvalue weighted by molar-refractivity contribution is -0.137. The number of ketones is 1. The maximum atomic E-state index is 13.2. The lowest BCUT2D eigenvalue weighted by Crippen LogP contribution is -2.31. The van der Waals surface area contributed by atoms with Gasteiger partial charge in [0.25, 0.3) is 0 Å². The van der Waals surface area contributed by atoms with Crippen molar-refractivity contribution in [3.05, 3.63) is 65.4 Å². The molecule has 236 valence electrons. The van der Waals surface area contributed by atoms with Crippen molar-refractivity contribution in [2.24, 2.45) is 0 Å². The first kappa shape index (κ1) is 34.2. The van der Waals surface area contributed by atoms with Gasteiger partial charge in [-0.1, -0.05) is 102 Å². The van der Waals surface area contributed by atoms with Gasteiger partial charge in [-0.3, -0.25) is 9.59 Å². The summed E-state index contributed by atoms with van der Waals surface area (Å²) in [6.07, 6.45) is 15.4. The van der Waals surface area contributed by atoms with Crippen molar-refractivity contribution in [1.29, 1.82) is 0 Å². The highest BCUT2D eigenvalue weighted by atomic mass is 16.4. The summed E-state index contributed by atoms with van der Waals surface area (Å²) in [7, 11) is 1.86. The molecule has 2 aromatic carbocycles. The van der Waals surface area contributed by atoms with Crippen molar-refractivity contribution in [2.75, 3.05) is 29.9 Å². The predicted molar refractivity (Wildman–Crippen MR) is 179 cm³/mol. The maximum Gasteiger partial charge on any atom is 0.305 e. The summed E-state index contributed by atoms with van der Waals surface area (Å²) >= 11 is 0. The van der Waals surface area contributed by atoms with Crippen LogP contribution in [-0.4, -0.2) is 48.1 Å². The summed E-state index contributed by atoms with van der Waals surface area (Å²) in [5.74, 6) is -1.41. The second kappa shape index (κ2) is 17.7. The smallest absolute Gasteiger partial charge is 0.305 e. The Bertz CT molecular complexity index is 1160. The minimum atomic E-state index is -0.839. The quantitative estimate of drug-likeness (QED) is 0.141. The third-order valence-electron chi connectivity index (χ3n) is 8.89. The molecule has 0 saturated carbocycles. The van der Waals surface area contributed by atoms with E-state index in [1.54, 1.807) is 0 Å². The van der Waals surface area contributed by atoms with Crippen LogP contribution in [0.4, 0.5) is 11.4 Å². The molecule has 0 fully saturated rings. The normalized spacial score (nSPS) is 15.3. The highest BCUT2D eigenvalue weighted by molar-refractivity contribution is 6.31. The Morgan fingerprint density at radius 3 is 1.74 bits per heavy atom. The fraction of sp³-hybridized carbons (Fsp3) is 0.568. The fourth-order valence-electron chi connectivity index (χ4n) is 5.98. The van der Waals surface area contributed by atoms with Crippen molar-refractivity contribution < 1.29 is 19.8 Å². The molecule has 2 N–H and O–H groups in total. The van der Waals surface area contributed by atoms with E-state index in [2.05, 4.69) is 30.9 Å². The summed E-state index contributed by atoms with van der Waals surface area (Å²) < 4.78 is 0. The average molecular weight is 591 g/mol. The molecule has 2 atom stereocenters. The molecular weight excluding hydrogens is 536 g/mol. The second-order valence-corrected chi connectivity index (χ2v) is 12.3. The minimum absolute atomic E-state index is 0.0407. The van der Waals surface area contributed by atoms with Crippen molar-refractivity contribution in [3.8, 4) is 0 Å². The van der Waals surface area contributed by atoms with Crippen LogP contribution in [-0.2, 0) is 9.59 Å². The fourth-order valence-corrected chi connectivity index (χ4v) is 5.98. The van der Waals surface area contributed by atoms with Crippen LogP contribution >= 0.6 is 0 Å². The Kier molecular flexibility index (Phi) is 14.1. The number of carboxylic acids is 1. The van der Waals surface area contributed by atoms with Gasteiger partial charge in [-0.2, -0.15) is 0 Å². The zero-order valence-corrected chi connectivity index (χ0v) is 27.0. The van der Waals surface area contributed by atoms with E-state index in [1.165, 1.54) is 82.7 Å². The maximum absolute atomic E-state index is 13.2. The number of aliphatic hydroxyl groups is 1. The van der Waals surface area contributed by atoms with Gasteiger partial charge < -0.3 is 20.0 Å². The molecule has 0 aromatic heterocycles. The predicted octanol–water partition coefficient (Wildman–Crippen LogP) is 9.15. The van der Waals surface area contributed by atoms with Gasteiger partial charge >= 0.3 is 5.97 Å². The average Bonchev–Trinajstić information content (AvgIpc) is 2.99. The number of hydrogen-bond acceptors (Lipinski definition) is 5. The van der Waals surface area contributed by atoms with Crippen LogP contribution in [0.15, 0.2) is 54.3 Å². The number of allylic oxidation sites excluding steroid dienone is 2. The van der Waals surface area contributed by atoms with Crippen LogP contribution in [0, 0.1) is 0 Å². The first-order valence-electron chi connectivity index (χ1n) is 16.7. The topological polar surface area (TPSA) is 81.1 Å². The van der Waals surface area contributed by atoms with Crippen LogP contribution in [0.2, 0.25) is 0 Å². The number of aliphatic hydroxyl groups excluding tert-OH is 1. The number of hydrogen-bond donors (Lipinski definition) is 2. The van der Waals surface area contributed by atoms with Gasteiger partial charge in [-0.05, 0) is 55.2 Å². The Labute approximate surface area is 259 Å². The lowest BCUT2D eigenvalue weighted by Gasteiger charge is -2.30. The molecule has 6 heteroatoms. The SMILES string of the molecule is CCCCCCCCN(CCCCCCCC)c1ccc(C2C(=O)C(c3ccc(N(C)C(C)CC(=O)O)cc3)=C2O)cc1. The third kappa shape index (κ3) is 9.87. The van der Waals surface area contributed by atoms with E-state index in [0.717, 1.165) is 24.3 Å². The molecule has 1 aliphatic rings. The van der Waals surface area contributed by atoms with E-state index in [0.29, 0.717) is 11.1 Å². The van der Waals surface area contributed by atoms with Crippen LogP contribution in [0.5, 0.6) is 0 Å². The molecule has 0 spiro atoms. The number of anilines is 2. The molecular formula is C37H54N2O4. The van der Waals surface area contributed by atoms with E-state index in [4.69, 9.17) is 5.11 Å². The van der Waals surface area contributed by atoms with Gasteiger partial charge in [0.15, 0.2) is 5.78 Å². The first-order valence-corrected chi connectivity index (χ1v) is 16.7. The number of aliphatic carboxylic acids is 1. The van der Waals surface area contributed by atoms with E-state index in [9.17, 15) is 14.7 Å². The highest BCUT2D eigenvalue weighted by Crippen LogP contribution is 2.43. The monoisotopic (exact) mass is 590 g/mol. The van der Waals surface area contributed by atoms with Gasteiger partial charge in [0.2, 0.25) is 0 Å². The highest BCUT2D eigenvalue weighted by Gasteiger charge is 2.41. The van der Waals surface area contributed by atoms with Gasteiger partial charge in [0.1, 0.15) is 11.7 Å². The zero-order valence-electron chi connectivity index (χ0n) is 27.0. The molecule has 0 amide bonds. The van der Waals surface area contributed by atoms with Crippen LogP contribution < -0.4 is 9.80 Å². The van der Waals surface area contributed by atoms with Crippen LogP contribution in [0.3, 0.4) is 0 Å². The number of unbranched alkanes of at least 4 members (excludes halogenated alkanes) is 10. The summed E-state index contributed by atoms with van der Waals surface area (Å²) in [5, 5.41) is 20.1. The summed E-state index contributed by atoms with van der Waals surface area (Å²) in [4.78, 5) is 28.7. The summed E-state index contributed by atoms with van der Waals surface area (Å²) in [6.45, 7) is 8.48. The zero-order chi connectivity index (χ0) is 31.2. The summed E-state index contributed by atoms with van der Waals surface area (Å²) in [6, 6.07) is 15.5. The van der Waals surface area contributed by atoms with E-state index >= 15 is 0 Å². The molecule has 0 saturated heterocycles. The second-order valence-electron chi connectivity index (χ2n) is 12.3. The molecule has 2 aromatic rings.